The van der Waals surface area contributed by atoms with Crippen LogP contribution in [0.3, 0.4) is 0 Å². The van der Waals surface area contributed by atoms with Gasteiger partial charge in [0.2, 0.25) is 0 Å². The Balaban J connectivity index is 1.29. The zero-order chi connectivity index (χ0) is 23.9. The van der Waals surface area contributed by atoms with Gasteiger partial charge in [-0.2, -0.15) is 0 Å². The summed E-state index contributed by atoms with van der Waals surface area (Å²) in [6, 6.07) is 9.62. The molecule has 2 aliphatic rings. The summed E-state index contributed by atoms with van der Waals surface area (Å²) < 4.78 is 15.2. The number of aromatic nitrogens is 3. The number of aryl methyl sites for hydroxylation is 1. The lowest BCUT2D eigenvalue weighted by Crippen LogP contribution is -2.24. The van der Waals surface area contributed by atoms with Gasteiger partial charge in [-0.1, -0.05) is 23.6 Å². The minimum absolute atomic E-state index is 0.0507. The highest BCUT2D eigenvalue weighted by molar-refractivity contribution is 6.31. The van der Waals surface area contributed by atoms with E-state index in [1.165, 1.54) is 18.2 Å². The number of halogens is 2. The first-order chi connectivity index (χ1) is 16.3. The van der Waals surface area contributed by atoms with Gasteiger partial charge in [-0.05, 0) is 73.8 Å². The second-order valence-electron chi connectivity index (χ2n) is 9.27. The molecular formula is C26H24ClFN4O2. The van der Waals surface area contributed by atoms with Gasteiger partial charge in [-0.3, -0.25) is 4.79 Å². The van der Waals surface area contributed by atoms with E-state index in [9.17, 15) is 14.3 Å². The molecule has 2 aliphatic carbocycles. The van der Waals surface area contributed by atoms with Crippen LogP contribution >= 0.6 is 11.6 Å². The molecule has 6 nitrogen and oxygen atoms in total. The number of fused-ring (bicyclic) bond motifs is 1. The van der Waals surface area contributed by atoms with E-state index in [0.29, 0.717) is 41.8 Å². The molecule has 34 heavy (non-hydrogen) atoms. The van der Waals surface area contributed by atoms with E-state index in [0.717, 1.165) is 18.5 Å². The minimum Gasteiger partial charge on any atom is -0.378 e. The van der Waals surface area contributed by atoms with Gasteiger partial charge in [0.1, 0.15) is 22.8 Å². The fourth-order valence-electron chi connectivity index (χ4n) is 5.39. The predicted octanol–water partition coefficient (Wildman–Crippen LogP) is 4.55. The van der Waals surface area contributed by atoms with Gasteiger partial charge in [0, 0.05) is 24.8 Å². The number of hydrogen-bond donors (Lipinski definition) is 2. The van der Waals surface area contributed by atoms with Gasteiger partial charge >= 0.3 is 0 Å². The summed E-state index contributed by atoms with van der Waals surface area (Å²) in [6.07, 6.45) is 6.24. The van der Waals surface area contributed by atoms with Crippen molar-refractivity contribution in [2.45, 2.75) is 37.2 Å². The number of pyridine rings is 1. The van der Waals surface area contributed by atoms with E-state index in [1.54, 1.807) is 24.1 Å². The van der Waals surface area contributed by atoms with Crippen LogP contribution in [0.2, 0.25) is 5.02 Å². The monoisotopic (exact) mass is 478 g/mol. The fourth-order valence-corrected chi connectivity index (χ4v) is 5.57. The van der Waals surface area contributed by atoms with E-state index in [2.05, 4.69) is 27.1 Å². The molecule has 2 saturated carbocycles. The summed E-state index contributed by atoms with van der Waals surface area (Å²) in [5, 5.41) is 13.8. The van der Waals surface area contributed by atoms with Gasteiger partial charge in [0.15, 0.2) is 0 Å². The van der Waals surface area contributed by atoms with Crippen molar-refractivity contribution < 1.29 is 14.3 Å². The number of anilines is 1. The third-order valence-corrected chi connectivity index (χ3v) is 7.16. The molecule has 174 valence electrons. The molecule has 2 aromatic heterocycles. The number of rotatable bonds is 3. The molecule has 0 aliphatic heterocycles. The smallest absolute Gasteiger partial charge is 0.274 e. The quantitative estimate of drug-likeness (QED) is 0.541. The van der Waals surface area contributed by atoms with Crippen molar-refractivity contribution >= 4 is 23.2 Å². The standard InChI is InChI=1S/C26H24ClFN4O2/c1-32-15-30-23(24(32)25(33)31-20-5-6-22(28)21(27)12-20)16-10-17-13-26(34,14-18(17)11-16)8-7-19-4-2-3-9-29-19/h2-6,9,12,15-18,34H,10-11,13-14H2,1H3,(H,31,33). The summed E-state index contributed by atoms with van der Waals surface area (Å²) in [7, 11) is 1.78. The number of nitrogens with zero attached hydrogens (tertiary/aromatic N) is 3. The number of carbonyl (C=O) groups is 1. The van der Waals surface area contributed by atoms with Crippen molar-refractivity contribution in [1.82, 2.24) is 14.5 Å². The number of amides is 1. The van der Waals surface area contributed by atoms with Crippen LogP contribution in [0.25, 0.3) is 0 Å². The van der Waals surface area contributed by atoms with E-state index in [-0.39, 0.29) is 16.8 Å². The molecule has 0 bridgehead atoms. The number of benzene rings is 1. The summed E-state index contributed by atoms with van der Waals surface area (Å²) in [5.74, 6) is 5.97. The third kappa shape index (κ3) is 4.44. The van der Waals surface area contributed by atoms with Crippen LogP contribution < -0.4 is 5.32 Å². The first-order valence-corrected chi connectivity index (χ1v) is 11.6. The fraction of sp³-hybridized carbons (Fsp3) is 0.346. The van der Waals surface area contributed by atoms with Gasteiger partial charge in [0.25, 0.3) is 5.91 Å². The highest BCUT2D eigenvalue weighted by atomic mass is 35.5. The van der Waals surface area contributed by atoms with Crippen LogP contribution in [0, 0.1) is 29.5 Å². The molecule has 3 aromatic rings. The minimum atomic E-state index is -1.01. The van der Waals surface area contributed by atoms with Crippen LogP contribution in [0.5, 0.6) is 0 Å². The molecule has 2 atom stereocenters. The number of hydrogen-bond acceptors (Lipinski definition) is 4. The van der Waals surface area contributed by atoms with Crippen molar-refractivity contribution in [2.75, 3.05) is 5.32 Å². The molecule has 5 rings (SSSR count). The zero-order valence-corrected chi connectivity index (χ0v) is 19.4. The zero-order valence-electron chi connectivity index (χ0n) is 18.6. The van der Waals surface area contributed by atoms with Crippen molar-refractivity contribution in [3.05, 3.63) is 76.8 Å². The Morgan fingerprint density at radius 1 is 1.24 bits per heavy atom. The molecule has 2 unspecified atom stereocenters. The number of carbonyl (C=O) groups excluding carboxylic acids is 1. The van der Waals surface area contributed by atoms with Gasteiger partial charge in [-0.15, -0.1) is 0 Å². The first-order valence-electron chi connectivity index (χ1n) is 11.3. The van der Waals surface area contributed by atoms with Crippen LogP contribution in [0.1, 0.15) is 53.5 Å². The molecule has 0 spiro atoms. The summed E-state index contributed by atoms with van der Waals surface area (Å²) >= 11 is 5.85. The van der Waals surface area contributed by atoms with Crippen LogP contribution in [0.15, 0.2) is 48.9 Å². The van der Waals surface area contributed by atoms with Crippen LogP contribution in [-0.4, -0.2) is 31.1 Å². The summed E-state index contributed by atoms with van der Waals surface area (Å²) in [4.78, 5) is 21.8. The maximum absolute atomic E-state index is 13.5. The molecule has 0 saturated heterocycles. The molecular weight excluding hydrogens is 455 g/mol. The highest BCUT2D eigenvalue weighted by Gasteiger charge is 2.49. The van der Waals surface area contributed by atoms with Crippen molar-refractivity contribution in [3.63, 3.8) is 0 Å². The second kappa shape index (κ2) is 8.86. The summed E-state index contributed by atoms with van der Waals surface area (Å²) in [5.41, 5.74) is 1.30. The van der Waals surface area contributed by atoms with Crippen molar-refractivity contribution in [3.8, 4) is 11.8 Å². The second-order valence-corrected chi connectivity index (χ2v) is 9.67. The van der Waals surface area contributed by atoms with Gasteiger partial charge < -0.3 is 15.0 Å². The molecule has 0 radical (unpaired) electrons. The molecule has 8 heteroatoms. The summed E-state index contributed by atoms with van der Waals surface area (Å²) in [6.45, 7) is 0. The van der Waals surface area contributed by atoms with Gasteiger partial charge in [0.05, 0.1) is 17.0 Å². The SMILES string of the molecule is Cn1cnc(C2CC3CC(O)(C#Cc4ccccn4)CC3C2)c1C(=O)Nc1ccc(F)c(Cl)c1. The maximum atomic E-state index is 13.5. The molecule has 1 aromatic carbocycles. The van der Waals surface area contributed by atoms with Crippen molar-refractivity contribution in [1.29, 1.82) is 0 Å². The van der Waals surface area contributed by atoms with E-state index in [1.807, 2.05) is 18.2 Å². The number of imidazole rings is 1. The Bertz CT molecular complexity index is 1280. The molecule has 2 N–H and O–H groups in total. The largest absolute Gasteiger partial charge is 0.378 e. The Hall–Kier alpha value is -3.21. The normalized spacial score (nSPS) is 25.5. The lowest BCUT2D eigenvalue weighted by Gasteiger charge is -2.19. The topological polar surface area (TPSA) is 80.0 Å². The van der Waals surface area contributed by atoms with E-state index >= 15 is 0 Å². The Labute approximate surface area is 202 Å². The lowest BCUT2D eigenvalue weighted by atomic mass is 9.92. The first kappa shape index (κ1) is 22.6. The average Bonchev–Trinajstić information content (AvgIpc) is 3.46. The third-order valence-electron chi connectivity index (χ3n) is 6.87. The molecule has 2 heterocycles. The highest BCUT2D eigenvalue weighted by Crippen LogP contribution is 2.53. The van der Waals surface area contributed by atoms with Gasteiger partial charge in [-0.25, -0.2) is 14.4 Å². The van der Waals surface area contributed by atoms with E-state index in [4.69, 9.17) is 11.6 Å². The maximum Gasteiger partial charge on any atom is 0.274 e. The molecule has 2 fully saturated rings. The van der Waals surface area contributed by atoms with Crippen molar-refractivity contribution in [2.24, 2.45) is 18.9 Å². The Morgan fingerprint density at radius 3 is 2.68 bits per heavy atom. The van der Waals surface area contributed by atoms with Crippen LogP contribution in [0.4, 0.5) is 10.1 Å². The van der Waals surface area contributed by atoms with Crippen LogP contribution in [-0.2, 0) is 7.05 Å². The number of aliphatic hydroxyl groups is 1. The molecule has 1 amide bonds. The Kier molecular flexibility index (Phi) is 5.88. The van der Waals surface area contributed by atoms with E-state index < -0.39 is 11.4 Å². The average molecular weight is 479 g/mol. The predicted molar refractivity (Wildman–Crippen MR) is 127 cm³/mol. The Morgan fingerprint density at radius 2 is 2.00 bits per heavy atom. The number of nitrogens with one attached hydrogen (secondary N) is 1. The lowest BCUT2D eigenvalue weighted by molar-refractivity contribution is 0.0979.